The molecule has 3 aromatic heterocycles. The number of fused-ring (bicyclic) bond motifs is 6. The van der Waals surface area contributed by atoms with Gasteiger partial charge in [0.05, 0.1) is 27.8 Å². The number of rotatable bonds is 4. The highest BCUT2D eigenvalue weighted by atomic mass is 15.1. The van der Waals surface area contributed by atoms with Gasteiger partial charge in [0.15, 0.2) is 11.6 Å². The summed E-state index contributed by atoms with van der Waals surface area (Å²) in [6.45, 7) is 6.48. The molecule has 0 radical (unpaired) electrons. The lowest BCUT2D eigenvalue weighted by molar-refractivity contribution is 0.541. The summed E-state index contributed by atoms with van der Waals surface area (Å²) < 4.78 is 4.76. The van der Waals surface area contributed by atoms with Crippen LogP contribution in [0.15, 0.2) is 133 Å². The van der Waals surface area contributed by atoms with Gasteiger partial charge in [-0.2, -0.15) is 0 Å². The highest BCUT2D eigenvalue weighted by Gasteiger charge is 2.24. The number of nitrogens with zero attached hydrogens (tertiary/aromatic N) is 5. The van der Waals surface area contributed by atoms with Crippen LogP contribution in [0.5, 0.6) is 0 Å². The van der Waals surface area contributed by atoms with Crippen molar-refractivity contribution in [2.24, 2.45) is 0 Å². The summed E-state index contributed by atoms with van der Waals surface area (Å²) in [7, 11) is 0. The van der Waals surface area contributed by atoms with E-state index in [0.29, 0.717) is 5.82 Å². The fourth-order valence-corrected chi connectivity index (χ4v) is 7.16. The molecule has 5 aromatic carbocycles. The van der Waals surface area contributed by atoms with Crippen molar-refractivity contribution >= 4 is 49.2 Å². The minimum atomic E-state index is -0.240. The van der Waals surface area contributed by atoms with E-state index in [9.17, 15) is 0 Å². The molecule has 3 heterocycles. The largest absolute Gasteiger partial charge is 0.309 e. The Morgan fingerprint density at radius 3 is 1.79 bits per heavy atom. The molecule has 0 amide bonds. The summed E-state index contributed by atoms with van der Waals surface area (Å²) in [6, 6.07) is 41.4. The first-order chi connectivity index (χ1) is 23.5. The maximum atomic E-state index is 5.12. The Labute approximate surface area is 279 Å². The molecule has 5 heteroatoms. The van der Waals surface area contributed by atoms with Gasteiger partial charge in [-0.05, 0) is 61.4 Å². The summed E-state index contributed by atoms with van der Waals surface area (Å²) in [5.41, 5.74) is 8.66. The third kappa shape index (κ3) is 4.49. The molecule has 5 nitrogen and oxygen atoms in total. The zero-order valence-corrected chi connectivity index (χ0v) is 27.4. The van der Waals surface area contributed by atoms with Crippen molar-refractivity contribution in [1.82, 2.24) is 24.1 Å². The van der Waals surface area contributed by atoms with Crippen molar-refractivity contribution in [3.63, 3.8) is 0 Å². The fourth-order valence-electron chi connectivity index (χ4n) is 7.16. The van der Waals surface area contributed by atoms with E-state index < -0.39 is 0 Å². The van der Waals surface area contributed by atoms with Crippen molar-refractivity contribution in [2.45, 2.75) is 39.0 Å². The first-order valence-electron chi connectivity index (χ1n) is 16.7. The van der Waals surface area contributed by atoms with Gasteiger partial charge in [-0.3, -0.25) is 0 Å². The van der Waals surface area contributed by atoms with Gasteiger partial charge in [0.1, 0.15) is 5.82 Å². The average molecular weight is 622 g/mol. The Kier molecular flexibility index (Phi) is 6.44. The third-order valence-electron chi connectivity index (χ3n) is 9.44. The second kappa shape index (κ2) is 10.9. The van der Waals surface area contributed by atoms with Gasteiger partial charge in [-0.25, -0.2) is 15.0 Å². The predicted octanol–water partition coefficient (Wildman–Crippen LogP) is 10.8. The third-order valence-corrected chi connectivity index (χ3v) is 9.44. The molecule has 0 atom stereocenters. The smallest absolute Gasteiger partial charge is 0.165 e. The first kappa shape index (κ1) is 28.4. The molecule has 0 aliphatic heterocycles. The summed E-state index contributed by atoms with van der Waals surface area (Å²) >= 11 is 0. The highest BCUT2D eigenvalue weighted by molar-refractivity contribution is 6.12. The molecule has 1 aliphatic carbocycles. The van der Waals surface area contributed by atoms with Crippen LogP contribution in [0, 0.1) is 0 Å². The zero-order chi connectivity index (χ0) is 32.4. The topological polar surface area (TPSA) is 48.5 Å². The summed E-state index contributed by atoms with van der Waals surface area (Å²) in [6.07, 6.45) is 8.62. The van der Waals surface area contributed by atoms with Crippen LogP contribution >= 0.6 is 0 Å². The lowest BCUT2D eigenvalue weighted by Crippen LogP contribution is -2.19. The van der Waals surface area contributed by atoms with E-state index in [0.717, 1.165) is 58.0 Å². The minimum absolute atomic E-state index is 0.240. The Hall–Kier alpha value is -5.81. The number of para-hydroxylation sites is 4. The predicted molar refractivity (Wildman–Crippen MR) is 199 cm³/mol. The second-order valence-corrected chi connectivity index (χ2v) is 13.6. The molecular weight excluding hydrogens is 587 g/mol. The van der Waals surface area contributed by atoms with E-state index >= 15 is 0 Å². The van der Waals surface area contributed by atoms with Crippen LogP contribution < -0.4 is 0 Å². The molecule has 0 saturated carbocycles. The lowest BCUT2D eigenvalue weighted by atomic mass is 9.95. The number of aromatic nitrogens is 5. The molecule has 8 aromatic rings. The quantitative estimate of drug-likeness (QED) is 0.196. The van der Waals surface area contributed by atoms with Crippen LogP contribution in [-0.2, 0) is 5.41 Å². The van der Waals surface area contributed by atoms with Crippen molar-refractivity contribution in [3.05, 3.63) is 145 Å². The molecule has 0 unspecified atom stereocenters. The SMILES string of the molecule is CC(C)(C)c1nc(C2=CCCC=C2)nc(-c2ccccc2-n2c3ccccc3c3cc(-n4c5ccccc5c5ccccc54)ccc32)n1. The average Bonchev–Trinajstić information content (AvgIpc) is 3.64. The molecule has 9 rings (SSSR count). The van der Waals surface area contributed by atoms with Gasteiger partial charge in [0, 0.05) is 43.8 Å². The Bertz CT molecular complexity index is 2550. The summed E-state index contributed by atoms with van der Waals surface area (Å²) in [4.78, 5) is 15.2. The van der Waals surface area contributed by atoms with Gasteiger partial charge in [-0.1, -0.05) is 106 Å². The van der Waals surface area contributed by atoms with Gasteiger partial charge in [0.25, 0.3) is 0 Å². The molecular formula is C43H35N5. The Morgan fingerprint density at radius 2 is 1.12 bits per heavy atom. The van der Waals surface area contributed by atoms with Crippen LogP contribution in [0.2, 0.25) is 0 Å². The van der Waals surface area contributed by atoms with E-state index in [2.05, 4.69) is 163 Å². The number of benzene rings is 5. The van der Waals surface area contributed by atoms with E-state index in [1.807, 2.05) is 0 Å². The maximum absolute atomic E-state index is 5.12. The van der Waals surface area contributed by atoms with Crippen LogP contribution in [0.25, 0.3) is 71.9 Å². The molecule has 0 spiro atoms. The number of hydrogen-bond donors (Lipinski definition) is 0. The van der Waals surface area contributed by atoms with Crippen molar-refractivity contribution in [2.75, 3.05) is 0 Å². The van der Waals surface area contributed by atoms with Gasteiger partial charge < -0.3 is 9.13 Å². The number of allylic oxidation sites excluding steroid dienone is 4. The van der Waals surface area contributed by atoms with Crippen LogP contribution in [0.1, 0.15) is 45.3 Å². The van der Waals surface area contributed by atoms with E-state index in [4.69, 9.17) is 15.0 Å². The second-order valence-electron chi connectivity index (χ2n) is 13.6. The minimum Gasteiger partial charge on any atom is -0.309 e. The Morgan fingerprint density at radius 1 is 0.542 bits per heavy atom. The number of hydrogen-bond acceptors (Lipinski definition) is 3. The van der Waals surface area contributed by atoms with Crippen molar-refractivity contribution < 1.29 is 0 Å². The fraction of sp³-hybridized carbons (Fsp3) is 0.140. The molecule has 1 aliphatic rings. The van der Waals surface area contributed by atoms with E-state index in [1.54, 1.807) is 0 Å². The van der Waals surface area contributed by atoms with Gasteiger partial charge in [-0.15, -0.1) is 0 Å². The van der Waals surface area contributed by atoms with Crippen LogP contribution in [0.3, 0.4) is 0 Å². The zero-order valence-electron chi connectivity index (χ0n) is 27.4. The standard InChI is InChI=1S/C43H35N5/c1-43(2,3)42-45-40(28-15-5-4-6-16-28)44-41(46-42)33-20-10-14-24-38(33)48-37-23-13-9-19-32(37)34-27-29(25-26-39(34)48)47-35-21-11-7-17-30(35)31-18-8-12-22-36(31)47/h5,7-27H,4,6H2,1-3H3. The molecule has 232 valence electrons. The highest BCUT2D eigenvalue weighted by Crippen LogP contribution is 2.39. The summed E-state index contributed by atoms with van der Waals surface area (Å²) in [5.74, 6) is 2.21. The molecule has 0 N–H and O–H groups in total. The monoisotopic (exact) mass is 621 g/mol. The van der Waals surface area contributed by atoms with Gasteiger partial charge in [0.2, 0.25) is 0 Å². The molecule has 0 bridgehead atoms. The van der Waals surface area contributed by atoms with Crippen LogP contribution in [-0.4, -0.2) is 24.1 Å². The lowest BCUT2D eigenvalue weighted by Gasteiger charge is -2.20. The normalized spacial score (nSPS) is 13.6. The molecule has 0 fully saturated rings. The maximum Gasteiger partial charge on any atom is 0.165 e. The van der Waals surface area contributed by atoms with Crippen LogP contribution in [0.4, 0.5) is 0 Å². The molecule has 48 heavy (non-hydrogen) atoms. The van der Waals surface area contributed by atoms with E-state index in [-0.39, 0.29) is 5.41 Å². The van der Waals surface area contributed by atoms with Crippen molar-refractivity contribution in [1.29, 1.82) is 0 Å². The van der Waals surface area contributed by atoms with Gasteiger partial charge >= 0.3 is 0 Å². The van der Waals surface area contributed by atoms with E-state index in [1.165, 1.54) is 32.6 Å². The molecule has 0 saturated heterocycles. The summed E-state index contributed by atoms with van der Waals surface area (Å²) in [5, 5.41) is 4.92. The van der Waals surface area contributed by atoms with Crippen molar-refractivity contribution in [3.8, 4) is 22.8 Å². The first-order valence-corrected chi connectivity index (χ1v) is 16.7. The Balaban J connectivity index is 1.29.